The van der Waals surface area contributed by atoms with Crippen LogP contribution in [0.25, 0.3) is 0 Å². The number of amides is 1. The fourth-order valence-electron chi connectivity index (χ4n) is 1.63. The number of hydrogen-bond donors (Lipinski definition) is 2. The van der Waals surface area contributed by atoms with Gasteiger partial charge in [0.15, 0.2) is 0 Å². The molecule has 0 radical (unpaired) electrons. The molecule has 4 heteroatoms. The predicted octanol–water partition coefficient (Wildman–Crippen LogP) is 3.00. The molecule has 1 aromatic carbocycles. The molecular weight excluding hydrogens is 292 g/mol. The van der Waals surface area contributed by atoms with Crippen molar-refractivity contribution in [2.75, 3.05) is 6.54 Å². The summed E-state index contributed by atoms with van der Waals surface area (Å²) < 4.78 is 1.01. The summed E-state index contributed by atoms with van der Waals surface area (Å²) in [7, 11) is 0. The van der Waals surface area contributed by atoms with Crippen LogP contribution in [0, 0.1) is 5.41 Å². The van der Waals surface area contributed by atoms with Crippen LogP contribution in [0.2, 0.25) is 0 Å². The Kier molecular flexibility index (Phi) is 5.35. The summed E-state index contributed by atoms with van der Waals surface area (Å²) in [5.41, 5.74) is 6.28. The first kappa shape index (κ1) is 15.2. The van der Waals surface area contributed by atoms with Gasteiger partial charge in [0.05, 0.1) is 11.5 Å². The standard InChI is InChI=1S/C14H21BrN2O/c1-4-14(3,9-16)13(18)17-10(2)11-6-5-7-12(15)8-11/h5-8,10H,4,9,16H2,1-3H3,(H,17,18)/t10-,14?/m1/s1. The molecule has 0 aliphatic rings. The van der Waals surface area contributed by atoms with Crippen molar-refractivity contribution in [1.82, 2.24) is 5.32 Å². The van der Waals surface area contributed by atoms with Crippen LogP contribution in [0.1, 0.15) is 38.8 Å². The van der Waals surface area contributed by atoms with Gasteiger partial charge in [0, 0.05) is 11.0 Å². The topological polar surface area (TPSA) is 55.1 Å². The zero-order valence-electron chi connectivity index (χ0n) is 11.2. The Morgan fingerprint density at radius 2 is 2.22 bits per heavy atom. The highest BCUT2D eigenvalue weighted by Crippen LogP contribution is 2.23. The molecule has 3 N–H and O–H groups in total. The summed E-state index contributed by atoms with van der Waals surface area (Å²) in [5, 5.41) is 3.03. The molecule has 0 fully saturated rings. The van der Waals surface area contributed by atoms with Crippen molar-refractivity contribution in [2.45, 2.75) is 33.2 Å². The normalized spacial score (nSPS) is 15.8. The zero-order valence-corrected chi connectivity index (χ0v) is 12.8. The van der Waals surface area contributed by atoms with Gasteiger partial charge in [-0.25, -0.2) is 0 Å². The second-order valence-corrected chi connectivity index (χ2v) is 5.78. The predicted molar refractivity (Wildman–Crippen MR) is 78.2 cm³/mol. The van der Waals surface area contributed by atoms with E-state index in [2.05, 4.69) is 21.2 Å². The largest absolute Gasteiger partial charge is 0.349 e. The van der Waals surface area contributed by atoms with Crippen LogP contribution >= 0.6 is 15.9 Å². The van der Waals surface area contributed by atoms with Gasteiger partial charge in [-0.15, -0.1) is 0 Å². The molecule has 1 unspecified atom stereocenters. The number of nitrogens with one attached hydrogen (secondary N) is 1. The SMILES string of the molecule is CCC(C)(CN)C(=O)N[C@H](C)c1cccc(Br)c1. The smallest absolute Gasteiger partial charge is 0.227 e. The molecule has 0 aliphatic heterocycles. The molecule has 0 aliphatic carbocycles. The maximum atomic E-state index is 12.2. The van der Waals surface area contributed by atoms with Crippen LogP contribution in [0.15, 0.2) is 28.7 Å². The highest BCUT2D eigenvalue weighted by atomic mass is 79.9. The Labute approximate surface area is 117 Å². The molecule has 100 valence electrons. The van der Waals surface area contributed by atoms with Crippen molar-refractivity contribution < 1.29 is 4.79 Å². The van der Waals surface area contributed by atoms with E-state index in [0.717, 1.165) is 16.5 Å². The average Bonchev–Trinajstić information content (AvgIpc) is 2.37. The third-order valence-electron chi connectivity index (χ3n) is 3.48. The summed E-state index contributed by atoms with van der Waals surface area (Å²) in [6.07, 6.45) is 0.737. The van der Waals surface area contributed by atoms with E-state index in [1.54, 1.807) is 0 Å². The fraction of sp³-hybridized carbons (Fsp3) is 0.500. The van der Waals surface area contributed by atoms with Crippen molar-refractivity contribution >= 4 is 21.8 Å². The summed E-state index contributed by atoms with van der Waals surface area (Å²) in [5.74, 6) is 0.0139. The van der Waals surface area contributed by atoms with Crippen LogP contribution in [0.3, 0.4) is 0 Å². The highest BCUT2D eigenvalue weighted by molar-refractivity contribution is 9.10. The summed E-state index contributed by atoms with van der Waals surface area (Å²) in [6.45, 7) is 6.22. The van der Waals surface area contributed by atoms with Gasteiger partial charge >= 0.3 is 0 Å². The highest BCUT2D eigenvalue weighted by Gasteiger charge is 2.30. The molecule has 1 aromatic rings. The van der Waals surface area contributed by atoms with Crippen LogP contribution in [-0.4, -0.2) is 12.5 Å². The van der Waals surface area contributed by atoms with Gasteiger partial charge in [0.2, 0.25) is 5.91 Å². The van der Waals surface area contributed by atoms with E-state index in [9.17, 15) is 4.79 Å². The van der Waals surface area contributed by atoms with Crippen LogP contribution in [0.5, 0.6) is 0 Å². The van der Waals surface area contributed by atoms with Crippen molar-refractivity contribution in [3.63, 3.8) is 0 Å². The Balaban J connectivity index is 2.76. The number of carbonyl (C=O) groups is 1. The number of halogens is 1. The van der Waals surface area contributed by atoms with Gasteiger partial charge < -0.3 is 11.1 Å². The molecule has 18 heavy (non-hydrogen) atoms. The number of rotatable bonds is 5. The lowest BCUT2D eigenvalue weighted by Gasteiger charge is -2.27. The van der Waals surface area contributed by atoms with Gasteiger partial charge in [-0.1, -0.05) is 35.0 Å². The summed E-state index contributed by atoms with van der Waals surface area (Å²) in [6, 6.07) is 7.92. The van der Waals surface area contributed by atoms with Gasteiger partial charge in [0.1, 0.15) is 0 Å². The van der Waals surface area contributed by atoms with E-state index in [4.69, 9.17) is 5.73 Å². The van der Waals surface area contributed by atoms with Crippen LogP contribution in [-0.2, 0) is 4.79 Å². The Morgan fingerprint density at radius 3 is 2.72 bits per heavy atom. The fourth-order valence-corrected chi connectivity index (χ4v) is 2.04. The van der Waals surface area contributed by atoms with Gasteiger partial charge in [0.25, 0.3) is 0 Å². The number of benzene rings is 1. The minimum absolute atomic E-state index is 0.0139. The molecule has 0 spiro atoms. The van der Waals surface area contributed by atoms with E-state index in [1.165, 1.54) is 0 Å². The summed E-state index contributed by atoms with van der Waals surface area (Å²) >= 11 is 3.43. The minimum Gasteiger partial charge on any atom is -0.349 e. The third-order valence-corrected chi connectivity index (χ3v) is 3.97. The lowest BCUT2D eigenvalue weighted by Crippen LogP contribution is -2.44. The first-order valence-electron chi connectivity index (χ1n) is 6.19. The Morgan fingerprint density at radius 1 is 1.56 bits per heavy atom. The quantitative estimate of drug-likeness (QED) is 0.878. The lowest BCUT2D eigenvalue weighted by molar-refractivity contribution is -0.130. The first-order valence-corrected chi connectivity index (χ1v) is 6.98. The molecule has 0 aromatic heterocycles. The molecule has 0 heterocycles. The van der Waals surface area contributed by atoms with E-state index in [0.29, 0.717) is 6.54 Å². The monoisotopic (exact) mass is 312 g/mol. The van der Waals surface area contributed by atoms with E-state index in [1.807, 2.05) is 45.0 Å². The van der Waals surface area contributed by atoms with Gasteiger partial charge in [-0.2, -0.15) is 0 Å². The third kappa shape index (κ3) is 3.56. The summed E-state index contributed by atoms with van der Waals surface area (Å²) in [4.78, 5) is 12.2. The Bertz CT molecular complexity index is 416. The van der Waals surface area contributed by atoms with Gasteiger partial charge in [-0.05, 0) is 38.0 Å². The zero-order chi connectivity index (χ0) is 13.8. The van der Waals surface area contributed by atoms with Crippen molar-refractivity contribution in [2.24, 2.45) is 11.1 Å². The van der Waals surface area contributed by atoms with Gasteiger partial charge in [-0.3, -0.25) is 4.79 Å². The molecule has 0 saturated heterocycles. The lowest BCUT2D eigenvalue weighted by atomic mass is 9.86. The van der Waals surface area contributed by atoms with Crippen LogP contribution in [0.4, 0.5) is 0 Å². The van der Waals surface area contributed by atoms with Crippen molar-refractivity contribution in [1.29, 1.82) is 0 Å². The van der Waals surface area contributed by atoms with E-state index < -0.39 is 5.41 Å². The van der Waals surface area contributed by atoms with E-state index in [-0.39, 0.29) is 11.9 Å². The molecular formula is C14H21BrN2O. The first-order chi connectivity index (χ1) is 8.42. The average molecular weight is 313 g/mol. The van der Waals surface area contributed by atoms with E-state index >= 15 is 0 Å². The number of hydrogen-bond acceptors (Lipinski definition) is 2. The molecule has 0 bridgehead atoms. The second-order valence-electron chi connectivity index (χ2n) is 4.87. The molecule has 0 saturated carbocycles. The number of carbonyl (C=O) groups excluding carboxylic acids is 1. The van der Waals surface area contributed by atoms with Crippen molar-refractivity contribution in [3.05, 3.63) is 34.3 Å². The Hall–Kier alpha value is -0.870. The maximum absolute atomic E-state index is 12.2. The molecule has 2 atom stereocenters. The molecule has 1 rings (SSSR count). The number of nitrogens with two attached hydrogens (primary N) is 1. The van der Waals surface area contributed by atoms with Crippen molar-refractivity contribution in [3.8, 4) is 0 Å². The van der Waals surface area contributed by atoms with Crippen LogP contribution < -0.4 is 11.1 Å². The minimum atomic E-state index is -0.486. The maximum Gasteiger partial charge on any atom is 0.227 e. The molecule has 1 amide bonds. The second kappa shape index (κ2) is 6.34. The molecule has 3 nitrogen and oxygen atoms in total.